The molecular formula is C9H15NO. The molecule has 0 aromatic carbocycles. The van der Waals surface area contributed by atoms with E-state index in [-0.39, 0.29) is 11.7 Å². The number of ketones is 1. The minimum Gasteiger partial charge on any atom is -0.381 e. The van der Waals surface area contributed by atoms with Crippen molar-refractivity contribution in [3.63, 3.8) is 0 Å². The van der Waals surface area contributed by atoms with Crippen molar-refractivity contribution >= 4 is 5.78 Å². The van der Waals surface area contributed by atoms with E-state index in [0.29, 0.717) is 0 Å². The molecular weight excluding hydrogens is 138 g/mol. The fourth-order valence-electron chi connectivity index (χ4n) is 1.24. The highest BCUT2D eigenvalue weighted by Gasteiger charge is 2.18. The molecule has 0 radical (unpaired) electrons. The predicted octanol–water partition coefficient (Wildman–Crippen LogP) is 1.43. The van der Waals surface area contributed by atoms with Crippen LogP contribution < -0.4 is 0 Å². The third kappa shape index (κ3) is 1.82. The molecule has 0 aromatic rings. The number of nitrogens with zero attached hydrogens (tertiary/aromatic N) is 1. The molecule has 0 N–H and O–H groups in total. The van der Waals surface area contributed by atoms with Crippen molar-refractivity contribution in [1.82, 2.24) is 4.90 Å². The lowest BCUT2D eigenvalue weighted by Gasteiger charge is -2.22. The first kappa shape index (κ1) is 8.31. The summed E-state index contributed by atoms with van der Waals surface area (Å²) in [6.07, 6.45) is 3.82. The van der Waals surface area contributed by atoms with Crippen molar-refractivity contribution in [2.75, 3.05) is 14.1 Å². The van der Waals surface area contributed by atoms with E-state index in [1.165, 1.54) is 0 Å². The number of carbonyl (C=O) groups excluding carboxylic acids is 1. The molecule has 0 heterocycles. The molecule has 1 atom stereocenters. The van der Waals surface area contributed by atoms with Crippen molar-refractivity contribution in [2.24, 2.45) is 5.92 Å². The standard InChI is InChI=1S/C9H15NO/c1-7-4-5-8(10(2)3)6-9(7)11/h6-7H,4-5H2,1-3H3. The predicted molar refractivity (Wildman–Crippen MR) is 45.2 cm³/mol. The highest BCUT2D eigenvalue weighted by Crippen LogP contribution is 2.20. The van der Waals surface area contributed by atoms with Gasteiger partial charge in [-0.3, -0.25) is 4.79 Å². The first-order chi connectivity index (χ1) is 5.11. The normalized spacial score (nSPS) is 24.8. The summed E-state index contributed by atoms with van der Waals surface area (Å²) in [5, 5.41) is 0. The Bertz CT molecular complexity index is 194. The SMILES string of the molecule is CC1CCC(N(C)C)=CC1=O. The average Bonchev–Trinajstić information content (AvgIpc) is 1.94. The molecule has 1 unspecified atom stereocenters. The summed E-state index contributed by atoms with van der Waals surface area (Å²) in [6, 6.07) is 0. The quantitative estimate of drug-likeness (QED) is 0.568. The van der Waals surface area contributed by atoms with Gasteiger partial charge in [-0.15, -0.1) is 0 Å². The van der Waals surface area contributed by atoms with Gasteiger partial charge in [-0.2, -0.15) is 0 Å². The zero-order valence-electron chi connectivity index (χ0n) is 7.42. The molecule has 2 nitrogen and oxygen atoms in total. The molecule has 0 bridgehead atoms. The second kappa shape index (κ2) is 3.07. The van der Waals surface area contributed by atoms with Gasteiger partial charge in [-0.05, 0) is 12.8 Å². The third-order valence-corrected chi connectivity index (χ3v) is 2.20. The second-order valence-electron chi connectivity index (χ2n) is 3.37. The van der Waals surface area contributed by atoms with Crippen molar-refractivity contribution in [3.8, 4) is 0 Å². The van der Waals surface area contributed by atoms with Crippen LogP contribution in [0.5, 0.6) is 0 Å². The van der Waals surface area contributed by atoms with Crippen LogP contribution in [0.25, 0.3) is 0 Å². The molecule has 0 fully saturated rings. The van der Waals surface area contributed by atoms with Gasteiger partial charge in [-0.25, -0.2) is 0 Å². The van der Waals surface area contributed by atoms with E-state index >= 15 is 0 Å². The van der Waals surface area contributed by atoms with Gasteiger partial charge < -0.3 is 4.90 Å². The van der Waals surface area contributed by atoms with Crippen molar-refractivity contribution in [3.05, 3.63) is 11.8 Å². The first-order valence-electron chi connectivity index (χ1n) is 4.03. The zero-order chi connectivity index (χ0) is 8.43. The first-order valence-corrected chi connectivity index (χ1v) is 4.03. The average molecular weight is 153 g/mol. The van der Waals surface area contributed by atoms with Crippen LogP contribution in [0.3, 0.4) is 0 Å². The maximum Gasteiger partial charge on any atom is 0.160 e. The Morgan fingerprint density at radius 2 is 2.18 bits per heavy atom. The fourth-order valence-corrected chi connectivity index (χ4v) is 1.24. The maximum atomic E-state index is 11.2. The third-order valence-electron chi connectivity index (χ3n) is 2.20. The zero-order valence-corrected chi connectivity index (χ0v) is 7.42. The summed E-state index contributed by atoms with van der Waals surface area (Å²) in [5.74, 6) is 0.513. The summed E-state index contributed by atoms with van der Waals surface area (Å²) < 4.78 is 0. The van der Waals surface area contributed by atoms with E-state index in [0.717, 1.165) is 18.5 Å². The van der Waals surface area contributed by atoms with E-state index < -0.39 is 0 Å². The van der Waals surface area contributed by atoms with Crippen LogP contribution in [0.2, 0.25) is 0 Å². The minimum absolute atomic E-state index is 0.235. The van der Waals surface area contributed by atoms with E-state index in [1.54, 1.807) is 6.08 Å². The van der Waals surface area contributed by atoms with E-state index in [1.807, 2.05) is 25.9 Å². The Kier molecular flexibility index (Phi) is 2.32. The molecule has 0 saturated heterocycles. The van der Waals surface area contributed by atoms with Crippen LogP contribution in [-0.4, -0.2) is 24.8 Å². The van der Waals surface area contributed by atoms with E-state index in [9.17, 15) is 4.79 Å². The van der Waals surface area contributed by atoms with Crippen LogP contribution >= 0.6 is 0 Å². The maximum absolute atomic E-state index is 11.2. The number of allylic oxidation sites excluding steroid dienone is 2. The second-order valence-corrected chi connectivity index (χ2v) is 3.37. The highest BCUT2D eigenvalue weighted by molar-refractivity contribution is 5.92. The summed E-state index contributed by atoms with van der Waals surface area (Å²) in [5.41, 5.74) is 1.16. The Balaban J connectivity index is 2.71. The number of hydrogen-bond acceptors (Lipinski definition) is 2. The number of rotatable bonds is 1. The van der Waals surface area contributed by atoms with Crippen molar-refractivity contribution in [2.45, 2.75) is 19.8 Å². The molecule has 62 valence electrons. The Morgan fingerprint density at radius 1 is 1.55 bits per heavy atom. The lowest BCUT2D eigenvalue weighted by Crippen LogP contribution is -2.21. The van der Waals surface area contributed by atoms with Crippen LogP contribution in [0.1, 0.15) is 19.8 Å². The molecule has 1 rings (SSSR count). The highest BCUT2D eigenvalue weighted by atomic mass is 16.1. The largest absolute Gasteiger partial charge is 0.381 e. The lowest BCUT2D eigenvalue weighted by atomic mass is 9.93. The minimum atomic E-state index is 0.235. The topological polar surface area (TPSA) is 20.3 Å². The molecule has 11 heavy (non-hydrogen) atoms. The molecule has 0 aromatic heterocycles. The Labute approximate surface area is 67.9 Å². The summed E-state index contributed by atoms with van der Waals surface area (Å²) in [6.45, 7) is 1.99. The van der Waals surface area contributed by atoms with Gasteiger partial charge in [0.2, 0.25) is 0 Å². The Hall–Kier alpha value is -0.790. The van der Waals surface area contributed by atoms with Crippen LogP contribution in [0.4, 0.5) is 0 Å². The van der Waals surface area contributed by atoms with Gasteiger partial charge in [0, 0.05) is 31.8 Å². The smallest absolute Gasteiger partial charge is 0.160 e. The van der Waals surface area contributed by atoms with E-state index in [2.05, 4.69) is 0 Å². The van der Waals surface area contributed by atoms with Gasteiger partial charge in [0.05, 0.1) is 0 Å². The Morgan fingerprint density at radius 3 is 2.64 bits per heavy atom. The molecule has 0 saturated carbocycles. The summed E-state index contributed by atoms with van der Waals surface area (Å²) in [4.78, 5) is 13.2. The van der Waals surface area contributed by atoms with Crippen LogP contribution in [0, 0.1) is 5.92 Å². The van der Waals surface area contributed by atoms with Crippen molar-refractivity contribution < 1.29 is 4.79 Å². The lowest BCUT2D eigenvalue weighted by molar-refractivity contribution is -0.118. The van der Waals surface area contributed by atoms with Crippen LogP contribution in [0.15, 0.2) is 11.8 Å². The molecule has 0 spiro atoms. The van der Waals surface area contributed by atoms with E-state index in [4.69, 9.17) is 0 Å². The van der Waals surface area contributed by atoms with Gasteiger partial charge in [0.25, 0.3) is 0 Å². The fraction of sp³-hybridized carbons (Fsp3) is 0.667. The van der Waals surface area contributed by atoms with Gasteiger partial charge in [0.1, 0.15) is 0 Å². The summed E-state index contributed by atoms with van der Waals surface area (Å²) in [7, 11) is 3.96. The van der Waals surface area contributed by atoms with Gasteiger partial charge in [-0.1, -0.05) is 6.92 Å². The van der Waals surface area contributed by atoms with Crippen LogP contribution in [-0.2, 0) is 4.79 Å². The van der Waals surface area contributed by atoms with Gasteiger partial charge in [0.15, 0.2) is 5.78 Å². The molecule has 1 aliphatic rings. The van der Waals surface area contributed by atoms with Gasteiger partial charge >= 0.3 is 0 Å². The monoisotopic (exact) mass is 153 g/mol. The molecule has 0 aliphatic heterocycles. The molecule has 1 aliphatic carbocycles. The van der Waals surface area contributed by atoms with Crippen molar-refractivity contribution in [1.29, 1.82) is 0 Å². The number of carbonyl (C=O) groups is 1. The molecule has 2 heteroatoms. The number of hydrogen-bond donors (Lipinski definition) is 0. The summed E-state index contributed by atoms with van der Waals surface area (Å²) >= 11 is 0. The molecule has 0 amide bonds.